The zero-order valence-corrected chi connectivity index (χ0v) is 11.7. The Morgan fingerprint density at radius 1 is 1.14 bits per heavy atom. The van der Waals surface area contributed by atoms with Gasteiger partial charge >= 0.3 is 0 Å². The van der Waals surface area contributed by atoms with Gasteiger partial charge in [-0.15, -0.1) is 0 Å². The van der Waals surface area contributed by atoms with Gasteiger partial charge in [0.2, 0.25) is 0 Å². The van der Waals surface area contributed by atoms with Gasteiger partial charge in [-0.05, 0) is 23.6 Å². The summed E-state index contributed by atoms with van der Waals surface area (Å²) in [7, 11) is 1.57. The summed E-state index contributed by atoms with van der Waals surface area (Å²) in [6, 6.07) is 12.7. The second kappa shape index (κ2) is 7.26. The predicted octanol–water partition coefficient (Wildman–Crippen LogP) is 2.73. The van der Waals surface area contributed by atoms with E-state index in [0.29, 0.717) is 5.56 Å². The number of benzene rings is 2. The lowest BCUT2D eigenvalue weighted by Crippen LogP contribution is -2.42. The maximum Gasteiger partial charge on any atom is 0.129 e. The highest BCUT2D eigenvalue weighted by Crippen LogP contribution is 2.23. The Morgan fingerprint density at radius 2 is 1.86 bits per heavy atom. The molecule has 3 nitrogen and oxygen atoms in total. The molecule has 2 rings (SSSR count). The highest BCUT2D eigenvalue weighted by molar-refractivity contribution is 5.23. The average molecular weight is 292 g/mol. The molecule has 3 N–H and O–H groups in total. The van der Waals surface area contributed by atoms with Gasteiger partial charge in [0.1, 0.15) is 11.6 Å². The summed E-state index contributed by atoms with van der Waals surface area (Å²) >= 11 is 0. The number of hydrogen-bond acceptors (Lipinski definition) is 3. The summed E-state index contributed by atoms with van der Waals surface area (Å²) in [6.45, 7) is 0. The predicted molar refractivity (Wildman–Crippen MR) is 77.4 cm³/mol. The van der Waals surface area contributed by atoms with Crippen LogP contribution in [0.4, 0.5) is 8.78 Å². The van der Waals surface area contributed by atoms with E-state index in [-0.39, 0.29) is 18.6 Å². The van der Waals surface area contributed by atoms with Crippen molar-refractivity contribution in [2.45, 2.75) is 18.6 Å². The third kappa shape index (κ3) is 3.85. The molecule has 21 heavy (non-hydrogen) atoms. The molecule has 2 unspecified atom stereocenters. The van der Waals surface area contributed by atoms with Crippen molar-refractivity contribution in [3.63, 3.8) is 0 Å². The maximum atomic E-state index is 13.8. The zero-order chi connectivity index (χ0) is 15.2. The van der Waals surface area contributed by atoms with E-state index < -0.39 is 11.6 Å². The minimum atomic E-state index is -0.597. The van der Waals surface area contributed by atoms with E-state index in [1.54, 1.807) is 7.11 Å². The van der Waals surface area contributed by atoms with Gasteiger partial charge in [0.25, 0.3) is 0 Å². The summed E-state index contributed by atoms with van der Waals surface area (Å²) in [5.74, 6) is 4.41. The van der Waals surface area contributed by atoms with Crippen molar-refractivity contribution in [1.82, 2.24) is 5.43 Å². The molecule has 0 saturated heterocycles. The van der Waals surface area contributed by atoms with Crippen molar-refractivity contribution in [3.8, 4) is 0 Å². The highest BCUT2D eigenvalue weighted by Gasteiger charge is 2.23. The topological polar surface area (TPSA) is 47.3 Å². The van der Waals surface area contributed by atoms with Gasteiger partial charge in [0, 0.05) is 13.2 Å². The first-order valence-electron chi connectivity index (χ1n) is 6.63. The molecule has 5 heteroatoms. The Balaban J connectivity index is 2.22. The Morgan fingerprint density at radius 3 is 2.43 bits per heavy atom. The van der Waals surface area contributed by atoms with Crippen LogP contribution < -0.4 is 11.3 Å². The smallest absolute Gasteiger partial charge is 0.129 e. The molecule has 0 bridgehead atoms. The summed E-state index contributed by atoms with van der Waals surface area (Å²) in [5.41, 5.74) is 3.98. The standard InChI is InChI=1S/C16H18F2N2O/c1-21-16(11-5-3-2-4-6-11)15(20-19)9-12-7-8-13(17)10-14(12)18/h2-8,10,15-16,20H,9,19H2,1H3. The van der Waals surface area contributed by atoms with E-state index in [1.807, 2.05) is 30.3 Å². The molecule has 0 radical (unpaired) electrons. The lowest BCUT2D eigenvalue weighted by atomic mass is 9.96. The Bertz CT molecular complexity index is 578. The fourth-order valence-electron chi connectivity index (χ4n) is 2.35. The molecule has 0 fully saturated rings. The molecule has 0 aliphatic heterocycles. The van der Waals surface area contributed by atoms with Gasteiger partial charge in [0.05, 0.1) is 12.1 Å². The van der Waals surface area contributed by atoms with E-state index in [0.717, 1.165) is 11.6 Å². The van der Waals surface area contributed by atoms with Gasteiger partial charge in [-0.1, -0.05) is 36.4 Å². The van der Waals surface area contributed by atoms with Crippen LogP contribution in [0.25, 0.3) is 0 Å². The van der Waals surface area contributed by atoms with Gasteiger partial charge in [0.15, 0.2) is 0 Å². The van der Waals surface area contributed by atoms with Crippen molar-refractivity contribution < 1.29 is 13.5 Å². The lowest BCUT2D eigenvalue weighted by molar-refractivity contribution is 0.0676. The first kappa shape index (κ1) is 15.6. The van der Waals surface area contributed by atoms with Gasteiger partial charge in [-0.3, -0.25) is 11.3 Å². The number of nitrogens with two attached hydrogens (primary N) is 1. The second-order valence-corrected chi connectivity index (χ2v) is 4.78. The number of ether oxygens (including phenoxy) is 1. The number of hydrazine groups is 1. The molecule has 0 aliphatic rings. The molecule has 0 heterocycles. The van der Waals surface area contributed by atoms with Crippen molar-refractivity contribution in [3.05, 3.63) is 71.3 Å². The SMILES string of the molecule is COC(c1ccccc1)C(Cc1ccc(F)cc1F)NN. The first-order chi connectivity index (χ1) is 10.2. The van der Waals surface area contributed by atoms with E-state index in [2.05, 4.69) is 5.43 Å². The molecule has 0 amide bonds. The first-order valence-corrected chi connectivity index (χ1v) is 6.63. The van der Waals surface area contributed by atoms with Gasteiger partial charge in [-0.2, -0.15) is 0 Å². The molecular weight excluding hydrogens is 274 g/mol. The normalized spacial score (nSPS) is 13.9. The minimum Gasteiger partial charge on any atom is -0.375 e. The third-order valence-corrected chi connectivity index (χ3v) is 3.42. The Kier molecular flexibility index (Phi) is 5.38. The molecule has 112 valence electrons. The van der Waals surface area contributed by atoms with Crippen molar-refractivity contribution in [2.24, 2.45) is 5.84 Å². The molecular formula is C16H18F2N2O. The van der Waals surface area contributed by atoms with Crippen LogP contribution in [0.1, 0.15) is 17.2 Å². The number of halogens is 2. The summed E-state index contributed by atoms with van der Waals surface area (Å²) in [4.78, 5) is 0. The fourth-order valence-corrected chi connectivity index (χ4v) is 2.35. The lowest BCUT2D eigenvalue weighted by Gasteiger charge is -2.26. The number of hydrogen-bond donors (Lipinski definition) is 2. The van der Waals surface area contributed by atoms with Crippen molar-refractivity contribution >= 4 is 0 Å². The van der Waals surface area contributed by atoms with E-state index in [1.165, 1.54) is 12.1 Å². The largest absolute Gasteiger partial charge is 0.375 e. The quantitative estimate of drug-likeness (QED) is 0.636. The number of rotatable bonds is 6. The zero-order valence-electron chi connectivity index (χ0n) is 11.7. The fraction of sp³-hybridized carbons (Fsp3) is 0.250. The van der Waals surface area contributed by atoms with Gasteiger partial charge in [-0.25, -0.2) is 8.78 Å². The average Bonchev–Trinajstić information content (AvgIpc) is 2.50. The molecule has 0 saturated carbocycles. The van der Waals surface area contributed by atoms with Crippen LogP contribution in [-0.4, -0.2) is 13.2 Å². The molecule has 0 spiro atoms. The minimum absolute atomic E-state index is 0.288. The maximum absolute atomic E-state index is 13.8. The monoisotopic (exact) mass is 292 g/mol. The van der Waals surface area contributed by atoms with Crippen LogP contribution in [0.5, 0.6) is 0 Å². The number of nitrogens with one attached hydrogen (secondary N) is 1. The Hall–Kier alpha value is -1.82. The van der Waals surface area contributed by atoms with Crippen LogP contribution in [0.2, 0.25) is 0 Å². The highest BCUT2D eigenvalue weighted by atomic mass is 19.1. The molecule has 2 aromatic rings. The van der Waals surface area contributed by atoms with Gasteiger partial charge < -0.3 is 4.74 Å². The van der Waals surface area contributed by atoms with Crippen LogP contribution in [0.15, 0.2) is 48.5 Å². The third-order valence-electron chi connectivity index (χ3n) is 3.42. The number of methoxy groups -OCH3 is 1. The molecule has 2 aromatic carbocycles. The molecule has 0 aromatic heterocycles. The summed E-state index contributed by atoms with van der Waals surface area (Å²) in [6.07, 6.45) is -0.0450. The van der Waals surface area contributed by atoms with E-state index in [9.17, 15) is 8.78 Å². The van der Waals surface area contributed by atoms with Crippen LogP contribution >= 0.6 is 0 Å². The van der Waals surface area contributed by atoms with Crippen molar-refractivity contribution in [2.75, 3.05) is 7.11 Å². The van der Waals surface area contributed by atoms with Crippen LogP contribution in [0.3, 0.4) is 0 Å². The van der Waals surface area contributed by atoms with Crippen LogP contribution in [0, 0.1) is 11.6 Å². The van der Waals surface area contributed by atoms with Crippen LogP contribution in [-0.2, 0) is 11.2 Å². The summed E-state index contributed by atoms with van der Waals surface area (Å²) < 4.78 is 32.2. The van der Waals surface area contributed by atoms with E-state index in [4.69, 9.17) is 10.6 Å². The Labute approximate surface area is 122 Å². The summed E-state index contributed by atoms with van der Waals surface area (Å²) in [5, 5.41) is 0. The molecule has 0 aliphatic carbocycles. The van der Waals surface area contributed by atoms with Crippen molar-refractivity contribution in [1.29, 1.82) is 0 Å². The van der Waals surface area contributed by atoms with E-state index >= 15 is 0 Å². The molecule has 2 atom stereocenters. The second-order valence-electron chi connectivity index (χ2n) is 4.78.